The fourth-order valence-electron chi connectivity index (χ4n) is 3.81. The number of halogens is 1. The van der Waals surface area contributed by atoms with E-state index in [1.807, 2.05) is 4.68 Å². The van der Waals surface area contributed by atoms with Crippen molar-refractivity contribution < 1.29 is 13.2 Å². The number of hydrogen-bond donors (Lipinski definition) is 0. The van der Waals surface area contributed by atoms with Crippen molar-refractivity contribution >= 4 is 28.2 Å². The summed E-state index contributed by atoms with van der Waals surface area (Å²) in [6.07, 6.45) is 2.68. The smallest absolute Gasteiger partial charge is 0.236 e. The topological polar surface area (TPSA) is 78.8 Å². The number of nitrogens with zero attached hydrogens (tertiary/aromatic N) is 5. The zero-order valence-electron chi connectivity index (χ0n) is 17.0. The lowest BCUT2D eigenvalue weighted by Crippen LogP contribution is -2.50. The summed E-state index contributed by atoms with van der Waals surface area (Å²) in [6, 6.07) is -0.165. The lowest BCUT2D eigenvalue weighted by molar-refractivity contribution is -0.133. The zero-order chi connectivity index (χ0) is 19.6. The summed E-state index contributed by atoms with van der Waals surface area (Å²) < 4.78 is 25.2. The van der Waals surface area contributed by atoms with Crippen molar-refractivity contribution in [2.45, 2.75) is 39.4 Å². The number of hydrogen-bond acceptors (Lipinski definition) is 6. The molecule has 2 fully saturated rings. The maximum atomic E-state index is 12.5. The van der Waals surface area contributed by atoms with Crippen molar-refractivity contribution in [1.29, 1.82) is 0 Å². The van der Waals surface area contributed by atoms with E-state index in [1.165, 1.54) is 5.56 Å². The molecule has 3 heterocycles. The van der Waals surface area contributed by atoms with Crippen LogP contribution in [0, 0.1) is 6.92 Å². The van der Waals surface area contributed by atoms with E-state index in [2.05, 4.69) is 34.9 Å². The van der Waals surface area contributed by atoms with Gasteiger partial charge in [0.2, 0.25) is 5.91 Å². The Kier molecular flexibility index (Phi) is 7.89. The van der Waals surface area contributed by atoms with Gasteiger partial charge >= 0.3 is 0 Å². The van der Waals surface area contributed by atoms with Gasteiger partial charge in [-0.2, -0.15) is 5.10 Å². The van der Waals surface area contributed by atoms with Crippen molar-refractivity contribution in [2.75, 3.05) is 51.3 Å². The molecular formula is C18H32ClN5O3S. The number of rotatable bonds is 6. The lowest BCUT2D eigenvalue weighted by Gasteiger charge is -2.35. The Morgan fingerprint density at radius 2 is 1.89 bits per heavy atom. The van der Waals surface area contributed by atoms with E-state index < -0.39 is 9.84 Å². The van der Waals surface area contributed by atoms with E-state index in [9.17, 15) is 13.2 Å². The minimum atomic E-state index is -2.97. The molecule has 0 spiro atoms. The molecule has 0 N–H and O–H groups in total. The molecule has 3 rings (SSSR count). The number of amides is 1. The number of piperazine rings is 1. The normalized spacial score (nSPS) is 22.8. The van der Waals surface area contributed by atoms with Crippen LogP contribution in [0.15, 0.2) is 6.20 Å². The highest BCUT2D eigenvalue weighted by Gasteiger charge is 2.33. The Balaban J connectivity index is 0.00000280. The Morgan fingerprint density at radius 1 is 1.25 bits per heavy atom. The summed E-state index contributed by atoms with van der Waals surface area (Å²) in [7, 11) is -1.23. The number of carbonyl (C=O) groups excluding carboxylic acids is 1. The van der Waals surface area contributed by atoms with Crippen LogP contribution in [-0.4, -0.2) is 96.1 Å². The Hall–Kier alpha value is -1.16. The zero-order valence-corrected chi connectivity index (χ0v) is 18.6. The van der Waals surface area contributed by atoms with Crippen molar-refractivity contribution in [2.24, 2.45) is 0 Å². The highest BCUT2D eigenvalue weighted by molar-refractivity contribution is 7.91. The number of aryl methyl sites for hydroxylation is 2. The molecule has 0 radical (unpaired) electrons. The molecule has 2 saturated heterocycles. The van der Waals surface area contributed by atoms with E-state index in [4.69, 9.17) is 0 Å². The molecule has 1 amide bonds. The first-order valence-electron chi connectivity index (χ1n) is 9.71. The second-order valence-electron chi connectivity index (χ2n) is 7.71. The number of aromatic nitrogens is 2. The summed E-state index contributed by atoms with van der Waals surface area (Å²) in [6.45, 7) is 9.83. The molecule has 28 heavy (non-hydrogen) atoms. The van der Waals surface area contributed by atoms with Gasteiger partial charge in [0.25, 0.3) is 0 Å². The first kappa shape index (κ1) is 23.1. The third kappa shape index (κ3) is 5.68. The molecule has 0 aliphatic carbocycles. The van der Waals surface area contributed by atoms with Gasteiger partial charge in [0, 0.05) is 64.1 Å². The summed E-state index contributed by atoms with van der Waals surface area (Å²) in [4.78, 5) is 18.7. The molecule has 8 nitrogen and oxygen atoms in total. The van der Waals surface area contributed by atoms with Gasteiger partial charge in [-0.1, -0.05) is 0 Å². The minimum Gasteiger partial charge on any atom is -0.341 e. The third-order valence-electron chi connectivity index (χ3n) is 5.74. The molecule has 1 atom stereocenters. The summed E-state index contributed by atoms with van der Waals surface area (Å²) in [5.74, 6) is 0.320. The van der Waals surface area contributed by atoms with Crippen LogP contribution in [0.1, 0.15) is 24.6 Å². The Morgan fingerprint density at radius 3 is 2.43 bits per heavy atom. The molecular weight excluding hydrogens is 402 g/mol. The van der Waals surface area contributed by atoms with Gasteiger partial charge in [-0.15, -0.1) is 12.4 Å². The Labute approximate surface area is 174 Å². The van der Waals surface area contributed by atoms with Crippen LogP contribution >= 0.6 is 12.4 Å². The van der Waals surface area contributed by atoms with Crippen LogP contribution in [0.4, 0.5) is 0 Å². The predicted molar refractivity (Wildman–Crippen MR) is 111 cm³/mol. The second kappa shape index (κ2) is 9.56. The number of carbonyl (C=O) groups is 1. The van der Waals surface area contributed by atoms with Gasteiger partial charge in [-0.3, -0.25) is 19.3 Å². The van der Waals surface area contributed by atoms with E-state index >= 15 is 0 Å². The standard InChI is InChI=1S/C18H31N5O3S.ClH/c1-4-23-12-16(15(2)19-23)11-21-6-8-22(9-7-21)13-18(24)20(3)17-5-10-27(25,26)14-17;/h12,17H,4-11,13-14H2,1-3H3;1H. The second-order valence-corrected chi connectivity index (χ2v) is 9.94. The molecule has 0 aromatic carbocycles. The maximum Gasteiger partial charge on any atom is 0.236 e. The first-order valence-corrected chi connectivity index (χ1v) is 11.5. The Bertz CT molecular complexity index is 774. The van der Waals surface area contributed by atoms with Crippen LogP contribution < -0.4 is 0 Å². The van der Waals surface area contributed by atoms with E-state index in [0.29, 0.717) is 13.0 Å². The quantitative estimate of drug-likeness (QED) is 0.646. The average Bonchev–Trinajstić information content (AvgIpc) is 3.17. The van der Waals surface area contributed by atoms with Crippen LogP contribution in [0.5, 0.6) is 0 Å². The van der Waals surface area contributed by atoms with Gasteiger partial charge in [-0.25, -0.2) is 8.42 Å². The van der Waals surface area contributed by atoms with Crippen molar-refractivity contribution in [3.05, 3.63) is 17.5 Å². The van der Waals surface area contributed by atoms with Gasteiger partial charge < -0.3 is 4.90 Å². The molecule has 2 aliphatic heterocycles. The summed E-state index contributed by atoms with van der Waals surface area (Å²) in [5.41, 5.74) is 2.35. The molecule has 1 unspecified atom stereocenters. The molecule has 1 aromatic heterocycles. The summed E-state index contributed by atoms with van der Waals surface area (Å²) in [5, 5.41) is 4.50. The number of sulfone groups is 1. The SMILES string of the molecule is CCn1cc(CN2CCN(CC(=O)N(C)C3CCS(=O)(=O)C3)CC2)c(C)n1.Cl. The molecule has 1 aromatic rings. The van der Waals surface area contributed by atoms with Crippen molar-refractivity contribution in [3.63, 3.8) is 0 Å². The lowest BCUT2D eigenvalue weighted by atomic mass is 10.2. The summed E-state index contributed by atoms with van der Waals surface area (Å²) >= 11 is 0. The fraction of sp³-hybridized carbons (Fsp3) is 0.778. The first-order chi connectivity index (χ1) is 12.8. The fourth-order valence-corrected chi connectivity index (χ4v) is 5.58. The number of likely N-dealkylation sites (N-methyl/N-ethyl adjacent to an activating group) is 1. The maximum absolute atomic E-state index is 12.5. The van der Waals surface area contributed by atoms with Gasteiger partial charge in [0.15, 0.2) is 9.84 Å². The van der Waals surface area contributed by atoms with Crippen LogP contribution in [-0.2, 0) is 27.7 Å². The van der Waals surface area contributed by atoms with Crippen LogP contribution in [0.25, 0.3) is 0 Å². The van der Waals surface area contributed by atoms with E-state index in [-0.39, 0.29) is 35.9 Å². The molecule has 2 aliphatic rings. The highest BCUT2D eigenvalue weighted by Crippen LogP contribution is 2.17. The third-order valence-corrected chi connectivity index (χ3v) is 7.49. The van der Waals surface area contributed by atoms with Crippen LogP contribution in [0.3, 0.4) is 0 Å². The molecule has 10 heteroatoms. The van der Waals surface area contributed by atoms with Crippen LogP contribution in [0.2, 0.25) is 0 Å². The average molecular weight is 434 g/mol. The van der Waals surface area contributed by atoms with Gasteiger partial charge in [-0.05, 0) is 20.3 Å². The van der Waals surface area contributed by atoms with Gasteiger partial charge in [0.1, 0.15) is 0 Å². The van der Waals surface area contributed by atoms with E-state index in [1.54, 1.807) is 11.9 Å². The van der Waals surface area contributed by atoms with Gasteiger partial charge in [0.05, 0.1) is 23.7 Å². The highest BCUT2D eigenvalue weighted by atomic mass is 35.5. The molecule has 160 valence electrons. The van der Waals surface area contributed by atoms with Crippen molar-refractivity contribution in [1.82, 2.24) is 24.5 Å². The monoisotopic (exact) mass is 433 g/mol. The van der Waals surface area contributed by atoms with E-state index in [0.717, 1.165) is 45.0 Å². The van der Waals surface area contributed by atoms with Crippen molar-refractivity contribution in [3.8, 4) is 0 Å². The largest absolute Gasteiger partial charge is 0.341 e. The predicted octanol–water partition coefficient (Wildman–Crippen LogP) is 0.396. The molecule has 0 bridgehead atoms. The minimum absolute atomic E-state index is 0. The molecule has 0 saturated carbocycles.